The van der Waals surface area contributed by atoms with Crippen LogP contribution in [0, 0.1) is 0 Å². The van der Waals surface area contributed by atoms with E-state index in [1.807, 2.05) is 12.1 Å². The van der Waals surface area contributed by atoms with Crippen molar-refractivity contribution in [2.45, 2.75) is 12.8 Å². The van der Waals surface area contributed by atoms with Crippen molar-refractivity contribution in [3.05, 3.63) is 52.0 Å². The zero-order valence-corrected chi connectivity index (χ0v) is 11.7. The third kappa shape index (κ3) is 3.63. The summed E-state index contributed by atoms with van der Waals surface area (Å²) in [4.78, 5) is 3.73. The lowest BCUT2D eigenvalue weighted by atomic mass is 10.2. The summed E-state index contributed by atoms with van der Waals surface area (Å²) >= 11 is 3.33. The van der Waals surface area contributed by atoms with E-state index in [1.165, 1.54) is 0 Å². The predicted molar refractivity (Wildman–Crippen MR) is 72.1 cm³/mol. The largest absolute Gasteiger partial charge is 0.473 e. The van der Waals surface area contributed by atoms with Gasteiger partial charge in [-0.15, -0.1) is 0 Å². The summed E-state index contributed by atoms with van der Waals surface area (Å²) in [6.45, 7) is 0.0924. The Morgan fingerprint density at radius 1 is 1.20 bits per heavy atom. The van der Waals surface area contributed by atoms with Gasteiger partial charge in [-0.25, -0.2) is 0 Å². The number of aromatic nitrogens is 1. The maximum atomic E-state index is 12.6. The van der Waals surface area contributed by atoms with Gasteiger partial charge in [0.25, 0.3) is 0 Å². The monoisotopic (exact) mass is 346 g/mol. The summed E-state index contributed by atoms with van der Waals surface area (Å²) in [6.07, 6.45) is -4.48. The summed E-state index contributed by atoms with van der Waals surface area (Å²) in [5.74, 6) is -0.393. The highest BCUT2D eigenvalue weighted by Gasteiger charge is 2.31. The minimum atomic E-state index is -4.48. The Balaban J connectivity index is 2.18. The molecule has 0 amide bonds. The fraction of sp³-hybridized carbons (Fsp3) is 0.154. The molecule has 1 aromatic carbocycles. The van der Waals surface area contributed by atoms with Gasteiger partial charge in [-0.3, -0.25) is 0 Å². The van der Waals surface area contributed by atoms with E-state index >= 15 is 0 Å². The number of hydrogen-bond acceptors (Lipinski definition) is 3. The normalized spacial score (nSPS) is 11.4. The van der Waals surface area contributed by atoms with Crippen LogP contribution in [0.25, 0.3) is 0 Å². The van der Waals surface area contributed by atoms with Crippen LogP contribution in [0.15, 0.2) is 40.9 Å². The highest BCUT2D eigenvalue weighted by Crippen LogP contribution is 2.32. The summed E-state index contributed by atoms with van der Waals surface area (Å²) in [5, 5.41) is 0. The van der Waals surface area contributed by atoms with Crippen LogP contribution in [0.2, 0.25) is 0 Å². The lowest BCUT2D eigenvalue weighted by Gasteiger charge is -2.11. The third-order valence-corrected chi connectivity index (χ3v) is 3.26. The third-order valence-electron chi connectivity index (χ3n) is 2.48. The van der Waals surface area contributed by atoms with Crippen molar-refractivity contribution in [2.75, 3.05) is 5.73 Å². The van der Waals surface area contributed by atoms with Crippen LogP contribution < -0.4 is 10.5 Å². The number of alkyl halides is 3. The van der Waals surface area contributed by atoms with Gasteiger partial charge in [-0.05, 0) is 12.1 Å². The maximum absolute atomic E-state index is 12.6. The maximum Gasteiger partial charge on any atom is 0.416 e. The first kappa shape index (κ1) is 14.6. The number of nitrogens with zero attached hydrogens (tertiary/aromatic N) is 1. The second kappa shape index (κ2) is 5.70. The van der Waals surface area contributed by atoms with Crippen molar-refractivity contribution in [2.24, 2.45) is 0 Å². The Bertz CT molecular complexity index is 617. The molecule has 0 aliphatic heterocycles. The Kier molecular flexibility index (Phi) is 4.17. The van der Waals surface area contributed by atoms with E-state index in [9.17, 15) is 13.2 Å². The number of rotatable bonds is 3. The minimum Gasteiger partial charge on any atom is -0.473 e. The molecule has 2 aromatic rings. The van der Waals surface area contributed by atoms with Gasteiger partial charge in [0, 0.05) is 16.1 Å². The number of nitrogen functional groups attached to an aromatic ring is 1. The molecule has 2 rings (SSSR count). The van der Waals surface area contributed by atoms with Crippen LogP contribution in [0.5, 0.6) is 5.88 Å². The number of hydrogen-bond donors (Lipinski definition) is 1. The lowest BCUT2D eigenvalue weighted by Crippen LogP contribution is -2.08. The molecule has 0 aliphatic carbocycles. The van der Waals surface area contributed by atoms with Crippen molar-refractivity contribution in [1.29, 1.82) is 0 Å². The van der Waals surface area contributed by atoms with Crippen LogP contribution >= 0.6 is 15.9 Å². The summed E-state index contributed by atoms with van der Waals surface area (Å²) < 4.78 is 44.0. The number of pyridine rings is 1. The molecule has 3 nitrogen and oxygen atoms in total. The van der Waals surface area contributed by atoms with Gasteiger partial charge >= 0.3 is 6.18 Å². The summed E-state index contributed by atoms with van der Waals surface area (Å²) in [7, 11) is 0. The standard InChI is InChI=1S/C13H10BrF3N2O/c14-10-4-2-1-3-8(10)7-20-12-6-9(13(15,16)17)5-11(18)19-12/h1-6H,7H2,(H2,18,19). The molecule has 0 saturated carbocycles. The van der Waals surface area contributed by atoms with Crippen LogP contribution in [0.1, 0.15) is 11.1 Å². The fourth-order valence-electron chi connectivity index (χ4n) is 1.53. The SMILES string of the molecule is Nc1cc(C(F)(F)F)cc(OCc2ccccc2Br)n1. The van der Waals surface area contributed by atoms with Crippen LogP contribution in [-0.2, 0) is 12.8 Å². The predicted octanol–water partition coefficient (Wildman–Crippen LogP) is 4.02. The molecule has 0 saturated heterocycles. The molecule has 2 N–H and O–H groups in total. The first-order chi connectivity index (χ1) is 9.36. The van der Waals surface area contributed by atoms with E-state index in [0.717, 1.165) is 22.2 Å². The molecule has 1 aromatic heterocycles. The van der Waals surface area contributed by atoms with Crippen molar-refractivity contribution >= 4 is 21.7 Å². The van der Waals surface area contributed by atoms with Gasteiger partial charge in [0.15, 0.2) is 0 Å². The summed E-state index contributed by atoms with van der Waals surface area (Å²) in [6, 6.07) is 8.83. The molecule has 20 heavy (non-hydrogen) atoms. The quantitative estimate of drug-likeness (QED) is 0.912. The second-order valence-corrected chi connectivity index (χ2v) is 4.85. The molecule has 0 bridgehead atoms. The Morgan fingerprint density at radius 3 is 2.55 bits per heavy atom. The molecule has 0 aliphatic rings. The van der Waals surface area contributed by atoms with Crippen molar-refractivity contribution in [1.82, 2.24) is 4.98 Å². The van der Waals surface area contributed by atoms with E-state index in [1.54, 1.807) is 12.1 Å². The van der Waals surface area contributed by atoms with Gasteiger partial charge < -0.3 is 10.5 Å². The van der Waals surface area contributed by atoms with Gasteiger partial charge in [0.2, 0.25) is 5.88 Å². The highest BCUT2D eigenvalue weighted by atomic mass is 79.9. The van der Waals surface area contributed by atoms with Crippen LogP contribution in [0.4, 0.5) is 19.0 Å². The summed E-state index contributed by atoms with van der Waals surface area (Å²) in [5.41, 5.74) is 5.27. The molecule has 7 heteroatoms. The highest BCUT2D eigenvalue weighted by molar-refractivity contribution is 9.10. The second-order valence-electron chi connectivity index (χ2n) is 4.00. The van der Waals surface area contributed by atoms with Crippen LogP contribution in [-0.4, -0.2) is 4.98 Å². The van der Waals surface area contributed by atoms with E-state index < -0.39 is 11.7 Å². The number of anilines is 1. The molecule has 106 valence electrons. The van der Waals surface area contributed by atoms with E-state index in [2.05, 4.69) is 20.9 Å². The van der Waals surface area contributed by atoms with Crippen molar-refractivity contribution < 1.29 is 17.9 Å². The van der Waals surface area contributed by atoms with Gasteiger partial charge in [0.1, 0.15) is 12.4 Å². The molecule has 1 heterocycles. The fourth-order valence-corrected chi connectivity index (χ4v) is 1.93. The van der Waals surface area contributed by atoms with Gasteiger partial charge in [-0.1, -0.05) is 34.1 Å². The molecule has 0 unspecified atom stereocenters. The van der Waals surface area contributed by atoms with Gasteiger partial charge in [0.05, 0.1) is 5.56 Å². The Labute approximate surface area is 121 Å². The Hall–Kier alpha value is -1.76. The zero-order chi connectivity index (χ0) is 14.8. The van der Waals surface area contributed by atoms with Crippen LogP contribution in [0.3, 0.4) is 0 Å². The minimum absolute atomic E-state index is 0.0924. The van der Waals surface area contributed by atoms with E-state index in [0.29, 0.717) is 0 Å². The van der Waals surface area contributed by atoms with Gasteiger partial charge in [-0.2, -0.15) is 18.2 Å². The topological polar surface area (TPSA) is 48.1 Å². The molecule has 0 radical (unpaired) electrons. The Morgan fingerprint density at radius 2 is 1.90 bits per heavy atom. The van der Waals surface area contributed by atoms with Crippen molar-refractivity contribution in [3.63, 3.8) is 0 Å². The molecule has 0 atom stereocenters. The average molecular weight is 347 g/mol. The zero-order valence-electron chi connectivity index (χ0n) is 10.1. The molecular formula is C13H10BrF3N2O. The number of ether oxygens (including phenoxy) is 1. The van der Waals surface area contributed by atoms with Crippen molar-refractivity contribution in [3.8, 4) is 5.88 Å². The molecule has 0 spiro atoms. The average Bonchev–Trinajstić information content (AvgIpc) is 2.36. The first-order valence-electron chi connectivity index (χ1n) is 5.57. The smallest absolute Gasteiger partial charge is 0.416 e. The molecule has 0 fully saturated rings. The van der Waals surface area contributed by atoms with E-state index in [4.69, 9.17) is 10.5 Å². The first-order valence-corrected chi connectivity index (χ1v) is 6.36. The number of nitrogens with two attached hydrogens (primary N) is 1. The van der Waals surface area contributed by atoms with E-state index in [-0.39, 0.29) is 18.3 Å². The lowest BCUT2D eigenvalue weighted by molar-refractivity contribution is -0.137. The molecular weight excluding hydrogens is 337 g/mol. The number of halogens is 4. The number of benzene rings is 1.